The highest BCUT2D eigenvalue weighted by atomic mass is 19.1. The smallest absolute Gasteiger partial charge is 0.225 e. The number of anilines is 2. The molecule has 31 heavy (non-hydrogen) atoms. The average molecular weight is 424 g/mol. The van der Waals surface area contributed by atoms with E-state index in [1.165, 1.54) is 12.3 Å². The van der Waals surface area contributed by atoms with Gasteiger partial charge in [0.25, 0.3) is 0 Å². The Morgan fingerprint density at radius 3 is 2.61 bits per heavy atom. The van der Waals surface area contributed by atoms with Crippen LogP contribution in [0.4, 0.5) is 16.0 Å². The van der Waals surface area contributed by atoms with Crippen LogP contribution in [0.1, 0.15) is 25.7 Å². The topological polar surface area (TPSA) is 85.3 Å². The van der Waals surface area contributed by atoms with Crippen LogP contribution in [0.5, 0.6) is 5.75 Å². The molecule has 2 aliphatic rings. The van der Waals surface area contributed by atoms with E-state index >= 15 is 0 Å². The minimum atomic E-state index is -0.525. The first-order chi connectivity index (χ1) is 15.2. The van der Waals surface area contributed by atoms with Crippen LogP contribution in [0.3, 0.4) is 0 Å². The summed E-state index contributed by atoms with van der Waals surface area (Å²) in [6.45, 7) is 3.15. The first-order valence-electron chi connectivity index (χ1n) is 10.7. The second-order valence-electron chi connectivity index (χ2n) is 7.91. The summed E-state index contributed by atoms with van der Waals surface area (Å²) < 4.78 is 25.2. The summed E-state index contributed by atoms with van der Waals surface area (Å²) in [5.41, 5.74) is 2.71. The van der Waals surface area contributed by atoms with Gasteiger partial charge in [-0.15, -0.1) is 0 Å². The molecule has 162 valence electrons. The third-order valence-corrected chi connectivity index (χ3v) is 5.82. The normalized spacial score (nSPS) is 21.8. The zero-order chi connectivity index (χ0) is 21.0. The van der Waals surface area contributed by atoms with Crippen LogP contribution in [0.25, 0.3) is 11.0 Å². The van der Waals surface area contributed by atoms with Gasteiger partial charge in [-0.25, -0.2) is 9.97 Å². The Morgan fingerprint density at radius 1 is 1.00 bits per heavy atom. The fraction of sp³-hybridized carbons (Fsp3) is 0.455. The third-order valence-electron chi connectivity index (χ3n) is 5.82. The van der Waals surface area contributed by atoms with E-state index in [9.17, 15) is 4.39 Å². The molecule has 1 aliphatic heterocycles. The van der Waals surface area contributed by atoms with Crippen LogP contribution in [0, 0.1) is 5.95 Å². The number of rotatable bonds is 5. The van der Waals surface area contributed by atoms with E-state index in [4.69, 9.17) is 9.47 Å². The Hall–Kier alpha value is -3.07. The molecule has 0 amide bonds. The zero-order valence-electron chi connectivity index (χ0n) is 17.2. The van der Waals surface area contributed by atoms with Gasteiger partial charge >= 0.3 is 0 Å². The number of benzene rings is 1. The van der Waals surface area contributed by atoms with Crippen molar-refractivity contribution in [2.75, 3.05) is 36.5 Å². The Bertz CT molecular complexity index is 1040. The number of nitrogens with one attached hydrogen (secondary N) is 1. The van der Waals surface area contributed by atoms with E-state index in [0.717, 1.165) is 74.5 Å². The summed E-state index contributed by atoms with van der Waals surface area (Å²) in [5, 5.41) is 3.23. The Balaban J connectivity index is 1.28. The fourth-order valence-electron chi connectivity index (χ4n) is 4.22. The van der Waals surface area contributed by atoms with E-state index in [-0.39, 0.29) is 12.1 Å². The molecule has 0 spiro atoms. The molecule has 0 bridgehead atoms. The van der Waals surface area contributed by atoms with Crippen LogP contribution >= 0.6 is 0 Å². The van der Waals surface area contributed by atoms with Gasteiger partial charge in [-0.2, -0.15) is 9.37 Å². The summed E-state index contributed by atoms with van der Waals surface area (Å²) in [6.07, 6.45) is 8.50. The summed E-state index contributed by atoms with van der Waals surface area (Å²) in [5.74, 6) is 0.587. The average Bonchev–Trinajstić information content (AvgIpc) is 2.81. The lowest BCUT2D eigenvalue weighted by Crippen LogP contribution is -2.36. The lowest BCUT2D eigenvalue weighted by molar-refractivity contribution is 0.122. The predicted octanol–water partition coefficient (Wildman–Crippen LogP) is 3.20. The van der Waals surface area contributed by atoms with Crippen molar-refractivity contribution in [3.8, 4) is 5.75 Å². The molecule has 5 rings (SSSR count). The van der Waals surface area contributed by atoms with Gasteiger partial charge in [0, 0.05) is 55.5 Å². The Labute approximate surface area is 179 Å². The molecule has 2 fully saturated rings. The maximum absolute atomic E-state index is 13.3. The van der Waals surface area contributed by atoms with E-state index in [0.29, 0.717) is 5.95 Å². The summed E-state index contributed by atoms with van der Waals surface area (Å²) in [4.78, 5) is 19.2. The van der Waals surface area contributed by atoms with Gasteiger partial charge in [0.2, 0.25) is 11.9 Å². The zero-order valence-corrected chi connectivity index (χ0v) is 17.2. The third kappa shape index (κ3) is 4.66. The molecule has 3 heterocycles. The maximum atomic E-state index is 13.3. The van der Waals surface area contributed by atoms with Gasteiger partial charge in [-0.1, -0.05) is 0 Å². The molecule has 9 heteroatoms. The molecule has 1 saturated carbocycles. The number of ether oxygens (including phenoxy) is 2. The number of morpholine rings is 1. The molecule has 3 aromatic rings. The van der Waals surface area contributed by atoms with Gasteiger partial charge < -0.3 is 19.7 Å². The lowest BCUT2D eigenvalue weighted by Gasteiger charge is -2.31. The van der Waals surface area contributed by atoms with Crippen LogP contribution in [0.15, 0.2) is 36.8 Å². The molecule has 2 aromatic heterocycles. The highest BCUT2D eigenvalue weighted by molar-refractivity contribution is 5.85. The predicted molar refractivity (Wildman–Crippen MR) is 115 cm³/mol. The maximum Gasteiger partial charge on any atom is 0.225 e. The highest BCUT2D eigenvalue weighted by Crippen LogP contribution is 2.33. The van der Waals surface area contributed by atoms with E-state index in [1.807, 2.05) is 0 Å². The van der Waals surface area contributed by atoms with Crippen molar-refractivity contribution in [3.63, 3.8) is 0 Å². The number of hydrogen-bond donors (Lipinski definition) is 1. The van der Waals surface area contributed by atoms with E-state index < -0.39 is 5.95 Å². The van der Waals surface area contributed by atoms with Crippen LogP contribution in [-0.2, 0) is 4.74 Å². The molecular weight excluding hydrogens is 399 g/mol. The first kappa shape index (κ1) is 19.9. The van der Waals surface area contributed by atoms with Crippen molar-refractivity contribution in [1.82, 2.24) is 19.9 Å². The second kappa shape index (κ2) is 8.97. The van der Waals surface area contributed by atoms with Gasteiger partial charge in [0.15, 0.2) is 0 Å². The first-order valence-corrected chi connectivity index (χ1v) is 10.7. The molecule has 0 unspecified atom stereocenters. The largest absolute Gasteiger partial charge is 0.488 e. The monoisotopic (exact) mass is 424 g/mol. The van der Waals surface area contributed by atoms with Crippen LogP contribution < -0.4 is 15.0 Å². The molecule has 1 aliphatic carbocycles. The minimum Gasteiger partial charge on any atom is -0.488 e. The van der Waals surface area contributed by atoms with Crippen molar-refractivity contribution >= 4 is 22.7 Å². The van der Waals surface area contributed by atoms with Gasteiger partial charge in [-0.05, 0) is 31.7 Å². The Morgan fingerprint density at radius 2 is 1.81 bits per heavy atom. The number of aromatic nitrogens is 4. The summed E-state index contributed by atoms with van der Waals surface area (Å²) >= 11 is 0. The van der Waals surface area contributed by atoms with Crippen molar-refractivity contribution < 1.29 is 13.9 Å². The van der Waals surface area contributed by atoms with Crippen molar-refractivity contribution in [1.29, 1.82) is 0 Å². The van der Waals surface area contributed by atoms with Crippen molar-refractivity contribution in [2.24, 2.45) is 0 Å². The quantitative estimate of drug-likeness (QED) is 0.625. The van der Waals surface area contributed by atoms with Crippen LogP contribution in [0.2, 0.25) is 0 Å². The number of fused-ring (bicyclic) bond motifs is 1. The van der Waals surface area contributed by atoms with Gasteiger partial charge in [0.05, 0.1) is 24.8 Å². The minimum absolute atomic E-state index is 0.0941. The second-order valence-corrected chi connectivity index (χ2v) is 7.91. The number of hydrogen-bond acceptors (Lipinski definition) is 8. The van der Waals surface area contributed by atoms with Gasteiger partial charge in [0.1, 0.15) is 11.3 Å². The Kier molecular flexibility index (Phi) is 5.75. The van der Waals surface area contributed by atoms with Crippen LogP contribution in [-0.4, -0.2) is 58.4 Å². The molecule has 1 saturated heterocycles. The van der Waals surface area contributed by atoms with E-state index in [2.05, 4.69) is 42.3 Å². The number of nitrogens with zero attached hydrogens (tertiary/aromatic N) is 5. The van der Waals surface area contributed by atoms with Crippen molar-refractivity contribution in [2.45, 2.75) is 37.8 Å². The molecule has 1 N–H and O–H groups in total. The molecule has 1 aromatic carbocycles. The molecular formula is C22H25FN6O2. The van der Waals surface area contributed by atoms with Crippen molar-refractivity contribution in [3.05, 3.63) is 42.7 Å². The molecule has 0 radical (unpaired) electrons. The molecule has 0 atom stereocenters. The SMILES string of the molecule is Fc1ccnc(N[C@H]2CC[C@@H](Oc3cc(N4CCOCC4)cc4nccnc34)CC2)n1. The highest BCUT2D eigenvalue weighted by Gasteiger charge is 2.24. The standard InChI is InChI=1S/C22H25FN6O2/c23-20-5-6-26-22(28-20)27-15-1-3-17(4-2-15)31-19-14-16(29-9-11-30-12-10-29)13-18-21(19)25-8-7-24-18/h5-8,13-15,17H,1-4,9-12H2,(H,26,27,28)/t15-,17+. The van der Waals surface area contributed by atoms with Gasteiger partial charge in [-0.3, -0.25) is 4.98 Å². The summed E-state index contributed by atoms with van der Waals surface area (Å²) in [6, 6.07) is 5.60. The number of halogens is 1. The fourth-order valence-corrected chi connectivity index (χ4v) is 4.22. The van der Waals surface area contributed by atoms with E-state index in [1.54, 1.807) is 12.4 Å². The molecule has 8 nitrogen and oxygen atoms in total. The lowest BCUT2D eigenvalue weighted by atomic mass is 9.93. The summed E-state index contributed by atoms with van der Waals surface area (Å²) in [7, 11) is 0.